The summed E-state index contributed by atoms with van der Waals surface area (Å²) in [4.78, 5) is 26.3. The van der Waals surface area contributed by atoms with Crippen LogP contribution < -0.4 is 5.32 Å². The molecule has 2 atom stereocenters. The monoisotopic (exact) mass is 318 g/mol. The van der Waals surface area contributed by atoms with E-state index in [1.54, 1.807) is 11.9 Å². The minimum Gasteiger partial charge on any atom is -0.382 e. The van der Waals surface area contributed by atoms with Crippen LogP contribution in [-0.2, 0) is 14.3 Å². The Bertz CT molecular complexity index is 518. The third kappa shape index (κ3) is 4.55. The summed E-state index contributed by atoms with van der Waals surface area (Å²) in [5.74, 6) is -0.0823. The first kappa shape index (κ1) is 17.5. The van der Waals surface area contributed by atoms with Gasteiger partial charge < -0.3 is 15.0 Å². The van der Waals surface area contributed by atoms with Gasteiger partial charge in [0.25, 0.3) is 0 Å². The molecule has 5 heteroatoms. The van der Waals surface area contributed by atoms with Crippen molar-refractivity contribution in [3.8, 4) is 0 Å². The topological polar surface area (TPSA) is 58.6 Å². The number of hydrogen-bond donors (Lipinski definition) is 1. The van der Waals surface area contributed by atoms with Gasteiger partial charge in [-0.2, -0.15) is 0 Å². The average molecular weight is 318 g/mol. The van der Waals surface area contributed by atoms with Gasteiger partial charge >= 0.3 is 0 Å². The van der Waals surface area contributed by atoms with E-state index < -0.39 is 0 Å². The number of ether oxygens (including phenoxy) is 1. The Kier molecular flexibility index (Phi) is 6.59. The maximum absolute atomic E-state index is 12.6. The highest BCUT2D eigenvalue weighted by molar-refractivity contribution is 5.84. The van der Waals surface area contributed by atoms with E-state index in [9.17, 15) is 9.59 Å². The molecular weight excluding hydrogens is 292 g/mol. The van der Waals surface area contributed by atoms with E-state index in [0.29, 0.717) is 32.6 Å². The highest BCUT2D eigenvalue weighted by Crippen LogP contribution is 2.35. The number of carbonyl (C=O) groups excluding carboxylic acids is 2. The van der Waals surface area contributed by atoms with Crippen LogP contribution in [0.3, 0.4) is 0 Å². The SMILES string of the molecule is CCOCCCNC(=O)[C@H]1CCC(=O)N(C)[C@@H]1c1ccccc1. The van der Waals surface area contributed by atoms with E-state index in [1.165, 1.54) is 0 Å². The molecule has 1 N–H and O–H groups in total. The fourth-order valence-corrected chi connectivity index (χ4v) is 3.08. The maximum Gasteiger partial charge on any atom is 0.225 e. The zero-order valence-corrected chi connectivity index (χ0v) is 14.0. The van der Waals surface area contributed by atoms with Gasteiger partial charge in [-0.3, -0.25) is 9.59 Å². The number of nitrogens with zero attached hydrogens (tertiary/aromatic N) is 1. The third-order valence-electron chi connectivity index (χ3n) is 4.31. The molecule has 5 nitrogen and oxygen atoms in total. The minimum absolute atomic E-state index is 0.0229. The lowest BCUT2D eigenvalue weighted by atomic mass is 9.84. The molecule has 0 unspecified atom stereocenters. The number of amides is 2. The second-order valence-corrected chi connectivity index (χ2v) is 5.85. The third-order valence-corrected chi connectivity index (χ3v) is 4.31. The van der Waals surface area contributed by atoms with E-state index in [1.807, 2.05) is 37.3 Å². The summed E-state index contributed by atoms with van der Waals surface area (Å²) in [5.41, 5.74) is 1.01. The fraction of sp³-hybridized carbons (Fsp3) is 0.556. The number of carbonyl (C=O) groups is 2. The van der Waals surface area contributed by atoms with Crippen LogP contribution in [0.4, 0.5) is 0 Å². The van der Waals surface area contributed by atoms with Crippen LogP contribution in [0.25, 0.3) is 0 Å². The summed E-state index contributed by atoms with van der Waals surface area (Å²) in [5, 5.41) is 2.99. The molecule has 126 valence electrons. The average Bonchev–Trinajstić information content (AvgIpc) is 2.57. The van der Waals surface area contributed by atoms with E-state index >= 15 is 0 Å². The van der Waals surface area contributed by atoms with Crippen LogP contribution in [0, 0.1) is 5.92 Å². The lowest BCUT2D eigenvalue weighted by molar-refractivity contribution is -0.141. The molecule has 0 bridgehead atoms. The number of likely N-dealkylation sites (tertiary alicyclic amines) is 1. The van der Waals surface area contributed by atoms with Gasteiger partial charge in [-0.25, -0.2) is 0 Å². The molecule has 1 aliphatic heterocycles. The Morgan fingerprint density at radius 2 is 2.09 bits per heavy atom. The second-order valence-electron chi connectivity index (χ2n) is 5.85. The van der Waals surface area contributed by atoms with Gasteiger partial charge in [0.15, 0.2) is 0 Å². The summed E-state index contributed by atoms with van der Waals surface area (Å²) in [6.45, 7) is 3.91. The maximum atomic E-state index is 12.6. The van der Waals surface area contributed by atoms with Crippen molar-refractivity contribution in [2.75, 3.05) is 26.8 Å². The Morgan fingerprint density at radius 1 is 1.35 bits per heavy atom. The Balaban J connectivity index is 2.02. The number of piperidine rings is 1. The van der Waals surface area contributed by atoms with Crippen molar-refractivity contribution in [3.05, 3.63) is 35.9 Å². The van der Waals surface area contributed by atoms with Gasteiger partial charge in [0.05, 0.1) is 12.0 Å². The van der Waals surface area contributed by atoms with Crippen LogP contribution >= 0.6 is 0 Å². The molecule has 0 spiro atoms. The first-order valence-corrected chi connectivity index (χ1v) is 8.31. The molecular formula is C18H26N2O3. The summed E-state index contributed by atoms with van der Waals surface area (Å²) >= 11 is 0. The van der Waals surface area contributed by atoms with Gasteiger partial charge in [-0.05, 0) is 25.3 Å². The Labute approximate surface area is 138 Å². The van der Waals surface area contributed by atoms with Crippen LogP contribution in [0.5, 0.6) is 0 Å². The smallest absolute Gasteiger partial charge is 0.225 e. The van der Waals surface area contributed by atoms with Crippen LogP contribution in [0.15, 0.2) is 30.3 Å². The first-order valence-electron chi connectivity index (χ1n) is 8.31. The van der Waals surface area contributed by atoms with Gasteiger partial charge in [-0.15, -0.1) is 0 Å². The lowest BCUT2D eigenvalue weighted by Crippen LogP contribution is -2.46. The fourth-order valence-electron chi connectivity index (χ4n) is 3.08. The number of hydrogen-bond acceptors (Lipinski definition) is 3. The molecule has 0 aliphatic carbocycles. The van der Waals surface area contributed by atoms with Crippen molar-refractivity contribution in [2.45, 2.75) is 32.2 Å². The predicted octanol–water partition coefficient (Wildman–Crippen LogP) is 2.14. The normalized spacial score (nSPS) is 21.3. The van der Waals surface area contributed by atoms with Crippen molar-refractivity contribution in [2.24, 2.45) is 5.92 Å². The van der Waals surface area contributed by atoms with Gasteiger partial charge in [0.2, 0.25) is 11.8 Å². The number of rotatable bonds is 7. The van der Waals surface area contributed by atoms with Crippen molar-refractivity contribution in [1.29, 1.82) is 0 Å². The Morgan fingerprint density at radius 3 is 2.78 bits per heavy atom. The van der Waals surface area contributed by atoms with Crippen LogP contribution in [-0.4, -0.2) is 43.5 Å². The molecule has 0 aromatic heterocycles. The summed E-state index contributed by atoms with van der Waals surface area (Å²) in [6, 6.07) is 9.60. The highest BCUT2D eigenvalue weighted by atomic mass is 16.5. The highest BCUT2D eigenvalue weighted by Gasteiger charge is 2.38. The lowest BCUT2D eigenvalue weighted by Gasteiger charge is -2.38. The van der Waals surface area contributed by atoms with E-state index in [2.05, 4.69) is 5.32 Å². The second kappa shape index (κ2) is 8.67. The number of benzene rings is 1. The molecule has 0 radical (unpaired) electrons. The van der Waals surface area contributed by atoms with Crippen molar-refractivity contribution in [1.82, 2.24) is 10.2 Å². The molecule has 0 saturated carbocycles. The minimum atomic E-state index is -0.202. The zero-order valence-electron chi connectivity index (χ0n) is 14.0. The molecule has 2 amide bonds. The Hall–Kier alpha value is -1.88. The molecule has 1 saturated heterocycles. The van der Waals surface area contributed by atoms with Crippen molar-refractivity contribution >= 4 is 11.8 Å². The van der Waals surface area contributed by atoms with Gasteiger partial charge in [0, 0.05) is 33.2 Å². The van der Waals surface area contributed by atoms with Crippen LogP contribution in [0.2, 0.25) is 0 Å². The molecule has 1 aromatic rings. The largest absolute Gasteiger partial charge is 0.382 e. The summed E-state index contributed by atoms with van der Waals surface area (Å²) in [7, 11) is 1.79. The predicted molar refractivity (Wildman–Crippen MR) is 88.8 cm³/mol. The first-order chi connectivity index (χ1) is 11.1. The molecule has 1 aliphatic rings. The number of nitrogens with one attached hydrogen (secondary N) is 1. The quantitative estimate of drug-likeness (QED) is 0.784. The van der Waals surface area contributed by atoms with E-state index in [-0.39, 0.29) is 23.8 Å². The molecule has 1 fully saturated rings. The molecule has 1 aromatic carbocycles. The van der Waals surface area contributed by atoms with Crippen molar-refractivity contribution < 1.29 is 14.3 Å². The molecule has 23 heavy (non-hydrogen) atoms. The van der Waals surface area contributed by atoms with Crippen LogP contribution in [0.1, 0.15) is 37.8 Å². The summed E-state index contributed by atoms with van der Waals surface area (Å²) in [6.07, 6.45) is 1.83. The zero-order chi connectivity index (χ0) is 16.7. The standard InChI is InChI=1S/C18H26N2O3/c1-3-23-13-7-12-19-18(22)15-10-11-16(21)20(2)17(15)14-8-5-4-6-9-14/h4-6,8-9,15,17H,3,7,10-13H2,1-2H3,(H,19,22)/t15-,17+/m0/s1. The van der Waals surface area contributed by atoms with Gasteiger partial charge in [0.1, 0.15) is 0 Å². The van der Waals surface area contributed by atoms with Crippen molar-refractivity contribution in [3.63, 3.8) is 0 Å². The van der Waals surface area contributed by atoms with E-state index in [4.69, 9.17) is 4.74 Å². The van der Waals surface area contributed by atoms with E-state index in [0.717, 1.165) is 12.0 Å². The summed E-state index contributed by atoms with van der Waals surface area (Å²) < 4.78 is 5.28. The molecule has 2 rings (SSSR count). The molecule has 1 heterocycles. The van der Waals surface area contributed by atoms with Gasteiger partial charge in [-0.1, -0.05) is 30.3 Å².